The normalized spacial score (nSPS) is 42.4. The second-order valence-corrected chi connectivity index (χ2v) is 11.6. The lowest BCUT2D eigenvalue weighted by Gasteiger charge is -2.61. The summed E-state index contributed by atoms with van der Waals surface area (Å²) in [6.07, 6.45) is 10.3. The Morgan fingerprint density at radius 3 is 2.50 bits per heavy atom. The van der Waals surface area contributed by atoms with Crippen molar-refractivity contribution in [2.75, 3.05) is 7.05 Å². The molecule has 0 bridgehead atoms. The lowest BCUT2D eigenvalue weighted by Crippen LogP contribution is -2.61. The number of carboxylic acids is 1. The van der Waals surface area contributed by atoms with E-state index in [1.807, 2.05) is 19.2 Å². The molecule has 5 rings (SSSR count). The molecule has 1 aromatic rings. The van der Waals surface area contributed by atoms with Gasteiger partial charge >= 0.3 is 5.97 Å². The summed E-state index contributed by atoms with van der Waals surface area (Å²) in [7, 11) is 2.03. The summed E-state index contributed by atoms with van der Waals surface area (Å²) >= 11 is 0. The number of aromatic carboxylic acids is 1. The molecule has 2 unspecified atom stereocenters. The van der Waals surface area contributed by atoms with Crippen LogP contribution in [0.2, 0.25) is 0 Å². The van der Waals surface area contributed by atoms with E-state index in [0.29, 0.717) is 35.8 Å². The van der Waals surface area contributed by atoms with E-state index in [-0.39, 0.29) is 10.8 Å². The molecule has 4 heteroatoms. The minimum absolute atomic E-state index is 0.228. The molecule has 1 N–H and O–H groups in total. The number of hydrogen-bond acceptors (Lipinski definition) is 2. The lowest BCUT2D eigenvalue weighted by atomic mass is 9.47. The van der Waals surface area contributed by atoms with Crippen LogP contribution in [0.3, 0.4) is 0 Å². The fourth-order valence-corrected chi connectivity index (χ4v) is 8.54. The van der Waals surface area contributed by atoms with E-state index >= 15 is 0 Å². The third kappa shape index (κ3) is 3.08. The minimum Gasteiger partial charge on any atom is -0.478 e. The van der Waals surface area contributed by atoms with Gasteiger partial charge in [0.25, 0.3) is 0 Å². The van der Waals surface area contributed by atoms with Crippen LogP contribution in [-0.4, -0.2) is 35.0 Å². The minimum atomic E-state index is -0.872. The van der Waals surface area contributed by atoms with Crippen molar-refractivity contribution in [2.45, 2.75) is 71.8 Å². The van der Waals surface area contributed by atoms with Crippen molar-refractivity contribution in [1.82, 2.24) is 4.90 Å². The number of fused-ring (bicyclic) bond motifs is 5. The van der Waals surface area contributed by atoms with Gasteiger partial charge in [-0.15, -0.1) is 0 Å². The molecule has 32 heavy (non-hydrogen) atoms. The Morgan fingerprint density at radius 1 is 1.09 bits per heavy atom. The smallest absolute Gasteiger partial charge is 0.335 e. The molecule has 172 valence electrons. The number of carbonyl (C=O) groups excluding carboxylic acids is 1. The highest BCUT2D eigenvalue weighted by Gasteiger charge is 2.61. The van der Waals surface area contributed by atoms with E-state index in [2.05, 4.69) is 31.7 Å². The average molecular weight is 436 g/mol. The highest BCUT2D eigenvalue weighted by atomic mass is 16.4. The SMILES string of the molecule is CC1C[C@H]2[C@@H]3CCC4N(C)C(=O)CC[C@]4(C)[C@@H]3CC[C@]2(C)C1=Cc1ccc(C(=O)O)cc1. The molecular formula is C28H37NO3. The van der Waals surface area contributed by atoms with Gasteiger partial charge in [0.15, 0.2) is 0 Å². The summed E-state index contributed by atoms with van der Waals surface area (Å²) in [4.78, 5) is 25.7. The van der Waals surface area contributed by atoms with Crippen LogP contribution in [0, 0.1) is 34.5 Å². The van der Waals surface area contributed by atoms with E-state index in [4.69, 9.17) is 0 Å². The van der Waals surface area contributed by atoms with Gasteiger partial charge in [-0.1, -0.05) is 44.6 Å². The Kier molecular flexibility index (Phi) is 5.07. The highest BCUT2D eigenvalue weighted by Crippen LogP contribution is 2.67. The van der Waals surface area contributed by atoms with E-state index in [9.17, 15) is 14.7 Å². The topological polar surface area (TPSA) is 57.6 Å². The predicted octanol–water partition coefficient (Wildman–Crippen LogP) is 5.88. The number of allylic oxidation sites excluding steroid dienone is 1. The maximum atomic E-state index is 12.4. The quantitative estimate of drug-likeness (QED) is 0.631. The largest absolute Gasteiger partial charge is 0.478 e. The van der Waals surface area contributed by atoms with Crippen LogP contribution in [0.5, 0.6) is 0 Å². The molecule has 3 saturated carbocycles. The number of likely N-dealkylation sites (tertiary alicyclic amines) is 1. The van der Waals surface area contributed by atoms with Crippen molar-refractivity contribution < 1.29 is 14.7 Å². The van der Waals surface area contributed by atoms with Crippen molar-refractivity contribution >= 4 is 18.0 Å². The van der Waals surface area contributed by atoms with Gasteiger partial charge in [-0.25, -0.2) is 4.79 Å². The van der Waals surface area contributed by atoms with E-state index in [1.54, 1.807) is 17.7 Å². The molecule has 3 aliphatic carbocycles. The molecule has 0 spiro atoms. The van der Waals surface area contributed by atoms with Crippen LogP contribution >= 0.6 is 0 Å². The number of amides is 1. The Labute approximate surface area is 192 Å². The second-order valence-electron chi connectivity index (χ2n) is 11.6. The third-order valence-electron chi connectivity index (χ3n) is 10.2. The molecule has 1 heterocycles. The standard InChI is InChI=1S/C28H37NO3/c1-17-15-23-20-9-10-24-28(3,14-12-25(30)29(24)4)21(20)11-13-27(23,2)22(17)16-18-5-7-19(8-6-18)26(31)32/h5-8,16-17,20-21,23-24H,9-15H2,1-4H3,(H,31,32)/t17?,20-,21-,23+,24?,27-,28-/m1/s1. The van der Waals surface area contributed by atoms with Crippen LogP contribution in [0.15, 0.2) is 29.8 Å². The predicted molar refractivity (Wildman–Crippen MR) is 126 cm³/mol. The fourth-order valence-electron chi connectivity index (χ4n) is 8.54. The van der Waals surface area contributed by atoms with Gasteiger partial charge in [0.1, 0.15) is 0 Å². The summed E-state index contributed by atoms with van der Waals surface area (Å²) in [5.74, 6) is 2.20. The molecule has 1 saturated heterocycles. The molecule has 0 radical (unpaired) electrons. The van der Waals surface area contributed by atoms with Crippen molar-refractivity contribution in [2.24, 2.45) is 34.5 Å². The van der Waals surface area contributed by atoms with Crippen LogP contribution in [-0.2, 0) is 4.79 Å². The van der Waals surface area contributed by atoms with Crippen molar-refractivity contribution in [3.05, 3.63) is 41.0 Å². The van der Waals surface area contributed by atoms with Crippen molar-refractivity contribution in [1.29, 1.82) is 0 Å². The molecule has 1 aromatic carbocycles. The fraction of sp³-hybridized carbons (Fsp3) is 0.643. The van der Waals surface area contributed by atoms with E-state index < -0.39 is 5.97 Å². The number of carbonyl (C=O) groups is 2. The van der Waals surface area contributed by atoms with Crippen molar-refractivity contribution in [3.8, 4) is 0 Å². The summed E-state index contributed by atoms with van der Waals surface area (Å²) in [5.41, 5.74) is 3.51. The molecular weight excluding hydrogens is 398 g/mol. The second kappa shape index (κ2) is 7.46. The molecule has 1 amide bonds. The lowest BCUT2D eigenvalue weighted by molar-refractivity contribution is -0.156. The monoisotopic (exact) mass is 435 g/mol. The Bertz CT molecular complexity index is 965. The molecule has 4 aliphatic rings. The maximum Gasteiger partial charge on any atom is 0.335 e. The number of piperidine rings is 1. The highest BCUT2D eigenvalue weighted by molar-refractivity contribution is 5.87. The molecule has 1 aliphatic heterocycles. The van der Waals surface area contributed by atoms with E-state index in [0.717, 1.165) is 30.2 Å². The Morgan fingerprint density at radius 2 is 1.81 bits per heavy atom. The molecule has 7 atom stereocenters. The summed E-state index contributed by atoms with van der Waals surface area (Å²) in [5, 5.41) is 9.20. The number of nitrogens with zero attached hydrogens (tertiary/aromatic N) is 1. The first kappa shape index (κ1) is 21.7. The van der Waals surface area contributed by atoms with Crippen LogP contribution < -0.4 is 0 Å². The molecule has 4 fully saturated rings. The molecule has 0 aromatic heterocycles. The van der Waals surface area contributed by atoms with Crippen molar-refractivity contribution in [3.63, 3.8) is 0 Å². The number of benzene rings is 1. The van der Waals surface area contributed by atoms with Gasteiger partial charge in [-0.05, 0) is 90.7 Å². The van der Waals surface area contributed by atoms with Gasteiger partial charge in [-0.2, -0.15) is 0 Å². The van der Waals surface area contributed by atoms with Gasteiger partial charge in [0.05, 0.1) is 5.56 Å². The van der Waals surface area contributed by atoms with Gasteiger partial charge in [0.2, 0.25) is 5.91 Å². The summed E-state index contributed by atoms with van der Waals surface area (Å²) in [6, 6.07) is 7.75. The Balaban J connectivity index is 1.44. The summed E-state index contributed by atoms with van der Waals surface area (Å²) in [6.45, 7) is 7.37. The van der Waals surface area contributed by atoms with Gasteiger partial charge in [-0.3, -0.25) is 4.79 Å². The number of rotatable bonds is 2. The number of carboxylic acid groups (broad SMARTS) is 1. The van der Waals surface area contributed by atoms with Crippen LogP contribution in [0.25, 0.3) is 6.08 Å². The first-order chi connectivity index (χ1) is 15.1. The zero-order valence-corrected chi connectivity index (χ0v) is 19.9. The summed E-state index contributed by atoms with van der Waals surface area (Å²) < 4.78 is 0. The third-order valence-corrected chi connectivity index (χ3v) is 10.2. The average Bonchev–Trinajstić information content (AvgIpc) is 3.02. The van der Waals surface area contributed by atoms with Gasteiger partial charge in [0, 0.05) is 19.5 Å². The number of hydrogen-bond donors (Lipinski definition) is 1. The zero-order valence-electron chi connectivity index (χ0n) is 19.9. The first-order valence-electron chi connectivity index (χ1n) is 12.5. The Hall–Kier alpha value is -2.10. The maximum absolute atomic E-state index is 12.4. The van der Waals surface area contributed by atoms with Gasteiger partial charge < -0.3 is 10.0 Å². The van der Waals surface area contributed by atoms with Crippen LogP contribution in [0.1, 0.15) is 81.6 Å². The molecule has 4 nitrogen and oxygen atoms in total. The first-order valence-corrected chi connectivity index (χ1v) is 12.5. The zero-order chi connectivity index (χ0) is 22.8. The van der Waals surface area contributed by atoms with E-state index in [1.165, 1.54) is 25.7 Å². The van der Waals surface area contributed by atoms with Crippen LogP contribution in [0.4, 0.5) is 0 Å².